The molecule has 0 saturated carbocycles. The molecule has 0 amide bonds. The largest absolute Gasteiger partial charge is 0.394 e. The van der Waals surface area contributed by atoms with Gasteiger partial charge in [-0.2, -0.15) is 17.0 Å². The van der Waals surface area contributed by atoms with E-state index in [9.17, 15) is 8.42 Å². The lowest BCUT2D eigenvalue weighted by atomic mass is 10.0. The number of aliphatic hydroxyl groups excluding tert-OH is 1. The van der Waals surface area contributed by atoms with Crippen molar-refractivity contribution in [1.82, 2.24) is 8.61 Å². The molecule has 0 aromatic rings. The molecule has 0 aromatic carbocycles. The molecule has 0 aliphatic carbocycles. The molecule has 1 atom stereocenters. The van der Waals surface area contributed by atoms with Crippen LogP contribution in [0.15, 0.2) is 0 Å². The van der Waals surface area contributed by atoms with Gasteiger partial charge in [0.15, 0.2) is 0 Å². The first-order valence-electron chi connectivity index (χ1n) is 6.38. The fraction of sp³-hybridized carbons (Fsp3) is 1.00. The highest BCUT2D eigenvalue weighted by Crippen LogP contribution is 2.19. The van der Waals surface area contributed by atoms with Crippen molar-refractivity contribution in [3.8, 4) is 0 Å². The summed E-state index contributed by atoms with van der Waals surface area (Å²) >= 11 is 0. The van der Waals surface area contributed by atoms with Crippen LogP contribution in [0.1, 0.15) is 19.8 Å². The van der Waals surface area contributed by atoms with E-state index in [1.54, 1.807) is 11.4 Å². The summed E-state index contributed by atoms with van der Waals surface area (Å²) in [4.78, 5) is 0. The molecule has 1 aliphatic heterocycles. The Hall–Kier alpha value is -0.210. The number of hydrogen-bond donors (Lipinski definition) is 1. The van der Waals surface area contributed by atoms with E-state index in [4.69, 9.17) is 9.84 Å². The van der Waals surface area contributed by atoms with Gasteiger partial charge >= 0.3 is 0 Å². The molecule has 1 N–H and O–H groups in total. The van der Waals surface area contributed by atoms with Gasteiger partial charge in [-0.05, 0) is 18.8 Å². The van der Waals surface area contributed by atoms with Gasteiger partial charge in [-0.1, -0.05) is 6.92 Å². The van der Waals surface area contributed by atoms with Crippen LogP contribution in [0.4, 0.5) is 0 Å². The number of hydrogen-bond acceptors (Lipinski definition) is 4. The maximum atomic E-state index is 12.2. The number of likely N-dealkylation sites (N-methyl/N-ethyl adjacent to an activating group) is 1. The van der Waals surface area contributed by atoms with Crippen LogP contribution in [0.2, 0.25) is 0 Å². The van der Waals surface area contributed by atoms with Gasteiger partial charge in [-0.25, -0.2) is 0 Å². The highest BCUT2D eigenvalue weighted by Gasteiger charge is 2.30. The Morgan fingerprint density at radius 2 is 2.17 bits per heavy atom. The average Bonchev–Trinajstić information content (AvgIpc) is 2.34. The first-order chi connectivity index (χ1) is 8.48. The Bertz CT molecular complexity index is 334. The fourth-order valence-electron chi connectivity index (χ4n) is 2.03. The van der Waals surface area contributed by atoms with Crippen molar-refractivity contribution in [2.24, 2.45) is 5.92 Å². The van der Waals surface area contributed by atoms with Crippen molar-refractivity contribution < 1.29 is 18.3 Å². The maximum absolute atomic E-state index is 12.2. The predicted octanol–water partition coefficient (Wildman–Crippen LogP) is -0.0962. The minimum absolute atomic E-state index is 0.0416. The van der Waals surface area contributed by atoms with Crippen LogP contribution in [0.3, 0.4) is 0 Å². The van der Waals surface area contributed by atoms with Crippen molar-refractivity contribution in [2.45, 2.75) is 19.8 Å². The summed E-state index contributed by atoms with van der Waals surface area (Å²) in [6.45, 7) is 4.10. The first-order valence-corrected chi connectivity index (χ1v) is 7.78. The lowest BCUT2D eigenvalue weighted by Gasteiger charge is -2.33. The summed E-state index contributed by atoms with van der Waals surface area (Å²) < 4.78 is 32.4. The molecule has 1 rings (SSSR count). The summed E-state index contributed by atoms with van der Waals surface area (Å²) in [6.07, 6.45) is 2.02. The maximum Gasteiger partial charge on any atom is 0.281 e. The smallest absolute Gasteiger partial charge is 0.281 e. The number of nitrogens with zero attached hydrogens (tertiary/aromatic N) is 2. The Labute approximate surface area is 110 Å². The fourth-order valence-corrected chi connectivity index (χ4v) is 3.53. The van der Waals surface area contributed by atoms with E-state index in [1.165, 1.54) is 4.31 Å². The SMILES string of the molecule is CC1CCCN(S(=O)(=O)N(C)CCOCCO)C1. The van der Waals surface area contributed by atoms with Gasteiger partial charge in [0.2, 0.25) is 0 Å². The lowest BCUT2D eigenvalue weighted by molar-refractivity contribution is 0.0867. The highest BCUT2D eigenvalue weighted by atomic mass is 32.2. The van der Waals surface area contributed by atoms with Gasteiger partial charge in [0.1, 0.15) is 0 Å². The van der Waals surface area contributed by atoms with E-state index in [0.29, 0.717) is 32.2 Å². The summed E-state index contributed by atoms with van der Waals surface area (Å²) in [5.41, 5.74) is 0. The molecule has 0 bridgehead atoms. The van der Waals surface area contributed by atoms with Crippen molar-refractivity contribution in [3.63, 3.8) is 0 Å². The number of aliphatic hydroxyl groups is 1. The van der Waals surface area contributed by atoms with Crippen molar-refractivity contribution in [3.05, 3.63) is 0 Å². The van der Waals surface area contributed by atoms with Crippen LogP contribution < -0.4 is 0 Å². The van der Waals surface area contributed by atoms with Gasteiger partial charge < -0.3 is 9.84 Å². The normalized spacial score (nSPS) is 22.6. The zero-order valence-electron chi connectivity index (χ0n) is 11.2. The molecule has 7 heteroatoms. The van der Waals surface area contributed by atoms with E-state index in [-0.39, 0.29) is 13.2 Å². The van der Waals surface area contributed by atoms with Crippen LogP contribution in [0.5, 0.6) is 0 Å². The Morgan fingerprint density at radius 1 is 1.44 bits per heavy atom. The van der Waals surface area contributed by atoms with Gasteiger partial charge in [-0.15, -0.1) is 0 Å². The summed E-state index contributed by atoms with van der Waals surface area (Å²) in [7, 11) is -1.79. The molecule has 18 heavy (non-hydrogen) atoms. The third kappa shape index (κ3) is 4.47. The van der Waals surface area contributed by atoms with Crippen LogP contribution in [-0.2, 0) is 14.9 Å². The average molecular weight is 280 g/mol. The third-order valence-corrected chi connectivity index (χ3v) is 5.08. The molecule has 0 aromatic heterocycles. The van der Waals surface area contributed by atoms with Gasteiger partial charge in [0.25, 0.3) is 10.2 Å². The lowest BCUT2D eigenvalue weighted by Crippen LogP contribution is -2.47. The van der Waals surface area contributed by atoms with E-state index in [0.717, 1.165) is 12.8 Å². The van der Waals surface area contributed by atoms with E-state index in [2.05, 4.69) is 6.92 Å². The van der Waals surface area contributed by atoms with Crippen molar-refractivity contribution in [1.29, 1.82) is 0 Å². The molecule has 1 unspecified atom stereocenters. The van der Waals surface area contributed by atoms with E-state index < -0.39 is 10.2 Å². The van der Waals surface area contributed by atoms with E-state index in [1.807, 2.05) is 0 Å². The Morgan fingerprint density at radius 3 is 2.78 bits per heavy atom. The highest BCUT2D eigenvalue weighted by molar-refractivity contribution is 7.86. The molecular formula is C11H24N2O4S. The molecule has 1 fully saturated rings. The minimum atomic E-state index is -3.36. The van der Waals surface area contributed by atoms with Crippen LogP contribution in [0, 0.1) is 5.92 Å². The summed E-state index contributed by atoms with van der Waals surface area (Å²) in [6, 6.07) is 0. The van der Waals surface area contributed by atoms with Crippen LogP contribution in [0.25, 0.3) is 0 Å². The number of piperidine rings is 1. The standard InChI is InChI=1S/C11H24N2O4S/c1-11-4-3-5-13(10-11)18(15,16)12(2)6-8-17-9-7-14/h11,14H,3-10H2,1-2H3. The quantitative estimate of drug-likeness (QED) is 0.661. The molecule has 0 spiro atoms. The monoisotopic (exact) mass is 280 g/mol. The minimum Gasteiger partial charge on any atom is -0.394 e. The molecule has 1 saturated heterocycles. The zero-order valence-corrected chi connectivity index (χ0v) is 12.0. The van der Waals surface area contributed by atoms with Gasteiger partial charge in [0.05, 0.1) is 19.8 Å². The summed E-state index contributed by atoms with van der Waals surface area (Å²) in [5, 5.41) is 8.56. The molecular weight excluding hydrogens is 256 g/mol. The Balaban J connectivity index is 2.45. The second kappa shape index (κ2) is 7.40. The Kier molecular flexibility index (Phi) is 6.51. The first kappa shape index (κ1) is 15.8. The van der Waals surface area contributed by atoms with Gasteiger partial charge in [-0.3, -0.25) is 0 Å². The van der Waals surface area contributed by atoms with Crippen LogP contribution >= 0.6 is 0 Å². The van der Waals surface area contributed by atoms with Gasteiger partial charge in [0, 0.05) is 26.7 Å². The zero-order chi connectivity index (χ0) is 13.6. The number of ether oxygens (including phenoxy) is 1. The molecule has 1 heterocycles. The van der Waals surface area contributed by atoms with Crippen molar-refractivity contribution in [2.75, 3.05) is 46.5 Å². The second-order valence-electron chi connectivity index (χ2n) is 4.77. The molecule has 0 radical (unpaired) electrons. The third-order valence-electron chi connectivity index (χ3n) is 3.13. The summed E-state index contributed by atoms with van der Waals surface area (Å²) in [5.74, 6) is 0.424. The van der Waals surface area contributed by atoms with Crippen molar-refractivity contribution >= 4 is 10.2 Å². The molecule has 1 aliphatic rings. The molecule has 108 valence electrons. The van der Waals surface area contributed by atoms with E-state index >= 15 is 0 Å². The molecule has 6 nitrogen and oxygen atoms in total. The predicted molar refractivity (Wildman–Crippen MR) is 69.4 cm³/mol. The van der Waals surface area contributed by atoms with Crippen LogP contribution in [-0.4, -0.2) is 68.6 Å². The second-order valence-corrected chi connectivity index (χ2v) is 6.81. The topological polar surface area (TPSA) is 70.1 Å². The number of rotatable bonds is 7.